The maximum Gasteiger partial charge on any atom is 0.00667 e. The zero-order chi connectivity index (χ0) is 10.2. The topological polar surface area (TPSA) is 12.0 Å². The van der Waals surface area contributed by atoms with Crippen molar-refractivity contribution in [2.45, 2.75) is 51.0 Å². The van der Waals surface area contributed by atoms with Gasteiger partial charge in [0, 0.05) is 6.04 Å². The lowest BCUT2D eigenvalue weighted by molar-refractivity contribution is 0.379. The van der Waals surface area contributed by atoms with Crippen molar-refractivity contribution in [2.75, 3.05) is 19.1 Å². The minimum absolute atomic E-state index is 0.803. The van der Waals surface area contributed by atoms with Gasteiger partial charge in [0.2, 0.25) is 0 Å². The van der Waals surface area contributed by atoms with E-state index in [9.17, 15) is 0 Å². The smallest absolute Gasteiger partial charge is 0.00667 e. The predicted octanol–water partition coefficient (Wildman–Crippen LogP) is 3.30. The Hall–Kier alpha value is 0.310. The number of rotatable bonds is 5. The Labute approximate surface area is 93.4 Å². The highest BCUT2D eigenvalue weighted by molar-refractivity contribution is 7.98. The monoisotopic (exact) mass is 215 g/mol. The Kier molecular flexibility index (Phi) is 6.70. The molecular formula is C12H25NS. The molecule has 2 atom stereocenters. The first-order valence-electron chi connectivity index (χ1n) is 6.03. The third-order valence-electron chi connectivity index (χ3n) is 3.40. The van der Waals surface area contributed by atoms with Crippen LogP contribution in [0.4, 0.5) is 0 Å². The summed E-state index contributed by atoms with van der Waals surface area (Å²) in [4.78, 5) is 0. The molecule has 2 heteroatoms. The van der Waals surface area contributed by atoms with Crippen LogP contribution in [0.5, 0.6) is 0 Å². The highest BCUT2D eigenvalue weighted by Crippen LogP contribution is 2.27. The van der Waals surface area contributed by atoms with E-state index in [4.69, 9.17) is 0 Å². The molecule has 1 N–H and O–H groups in total. The van der Waals surface area contributed by atoms with E-state index in [1.54, 1.807) is 0 Å². The van der Waals surface area contributed by atoms with Gasteiger partial charge in [0.25, 0.3) is 0 Å². The Balaban J connectivity index is 2.20. The molecule has 0 heterocycles. The van der Waals surface area contributed by atoms with Crippen molar-refractivity contribution >= 4 is 11.8 Å². The van der Waals surface area contributed by atoms with E-state index in [-0.39, 0.29) is 0 Å². The van der Waals surface area contributed by atoms with E-state index in [0.717, 1.165) is 12.0 Å². The Morgan fingerprint density at radius 1 is 1.29 bits per heavy atom. The van der Waals surface area contributed by atoms with Crippen molar-refractivity contribution in [3.63, 3.8) is 0 Å². The quantitative estimate of drug-likeness (QED) is 0.558. The second-order valence-corrected chi connectivity index (χ2v) is 5.49. The minimum atomic E-state index is 0.803. The molecule has 0 aromatic heterocycles. The van der Waals surface area contributed by atoms with Gasteiger partial charge in [0.1, 0.15) is 0 Å². The van der Waals surface area contributed by atoms with Crippen LogP contribution < -0.4 is 5.32 Å². The molecule has 1 fully saturated rings. The van der Waals surface area contributed by atoms with Crippen molar-refractivity contribution in [3.05, 3.63) is 0 Å². The van der Waals surface area contributed by atoms with Crippen LogP contribution in [0.15, 0.2) is 0 Å². The van der Waals surface area contributed by atoms with Gasteiger partial charge in [-0.1, -0.05) is 19.3 Å². The molecule has 0 spiro atoms. The Morgan fingerprint density at radius 3 is 2.79 bits per heavy atom. The average Bonchev–Trinajstić information content (AvgIpc) is 2.43. The maximum absolute atomic E-state index is 3.46. The average molecular weight is 215 g/mol. The molecule has 1 aliphatic carbocycles. The van der Waals surface area contributed by atoms with Crippen molar-refractivity contribution < 1.29 is 0 Å². The molecule has 1 saturated carbocycles. The van der Waals surface area contributed by atoms with Crippen LogP contribution in [0.1, 0.15) is 44.9 Å². The lowest BCUT2D eigenvalue weighted by Gasteiger charge is -2.19. The van der Waals surface area contributed by atoms with E-state index >= 15 is 0 Å². The summed E-state index contributed by atoms with van der Waals surface area (Å²) in [7, 11) is 2.12. The first-order chi connectivity index (χ1) is 6.86. The number of hydrogen-bond donors (Lipinski definition) is 1. The van der Waals surface area contributed by atoms with E-state index in [2.05, 4.69) is 18.6 Å². The summed E-state index contributed by atoms with van der Waals surface area (Å²) >= 11 is 1.99. The van der Waals surface area contributed by atoms with Gasteiger partial charge >= 0.3 is 0 Å². The molecule has 0 amide bonds. The number of thioether (sulfide) groups is 1. The molecule has 0 saturated heterocycles. The molecule has 2 unspecified atom stereocenters. The molecule has 0 aliphatic heterocycles. The highest BCUT2D eigenvalue weighted by Gasteiger charge is 2.18. The van der Waals surface area contributed by atoms with Crippen LogP contribution in [0.3, 0.4) is 0 Å². The van der Waals surface area contributed by atoms with Crippen LogP contribution in [0.25, 0.3) is 0 Å². The Morgan fingerprint density at radius 2 is 2.07 bits per heavy atom. The van der Waals surface area contributed by atoms with Crippen LogP contribution in [0.2, 0.25) is 0 Å². The molecule has 84 valence electrons. The van der Waals surface area contributed by atoms with Crippen LogP contribution in [-0.2, 0) is 0 Å². The summed E-state index contributed by atoms with van der Waals surface area (Å²) in [5.74, 6) is 2.35. The number of hydrogen-bond acceptors (Lipinski definition) is 2. The van der Waals surface area contributed by atoms with Crippen molar-refractivity contribution in [1.29, 1.82) is 0 Å². The van der Waals surface area contributed by atoms with E-state index in [0.29, 0.717) is 0 Å². The van der Waals surface area contributed by atoms with E-state index in [1.165, 1.54) is 50.7 Å². The summed E-state index contributed by atoms with van der Waals surface area (Å²) in [5, 5.41) is 3.46. The minimum Gasteiger partial charge on any atom is -0.317 e. The molecule has 1 nitrogen and oxygen atoms in total. The lowest BCUT2D eigenvalue weighted by atomic mass is 9.93. The first kappa shape index (κ1) is 12.4. The third-order valence-corrected chi connectivity index (χ3v) is 4.10. The summed E-state index contributed by atoms with van der Waals surface area (Å²) in [6.07, 6.45) is 12.3. The summed E-state index contributed by atoms with van der Waals surface area (Å²) in [6, 6.07) is 0.803. The fourth-order valence-electron chi connectivity index (χ4n) is 2.50. The number of nitrogens with one attached hydrogen (secondary N) is 1. The molecule has 0 bridgehead atoms. The van der Waals surface area contributed by atoms with Crippen molar-refractivity contribution in [3.8, 4) is 0 Å². The van der Waals surface area contributed by atoms with E-state index in [1.807, 2.05) is 11.8 Å². The van der Waals surface area contributed by atoms with Crippen molar-refractivity contribution in [1.82, 2.24) is 5.32 Å². The summed E-state index contributed by atoms with van der Waals surface area (Å²) in [6.45, 7) is 0. The largest absolute Gasteiger partial charge is 0.317 e. The molecule has 1 aliphatic rings. The van der Waals surface area contributed by atoms with Gasteiger partial charge in [-0.05, 0) is 50.7 Å². The zero-order valence-electron chi connectivity index (χ0n) is 9.72. The fourth-order valence-corrected chi connectivity index (χ4v) is 2.96. The second kappa shape index (κ2) is 7.58. The maximum atomic E-state index is 3.46. The van der Waals surface area contributed by atoms with Gasteiger partial charge in [-0.25, -0.2) is 0 Å². The Bertz CT molecular complexity index is 138. The SMILES string of the molecule is CNC1CCCCC(CCCSC)C1. The van der Waals surface area contributed by atoms with Crippen LogP contribution in [-0.4, -0.2) is 25.1 Å². The molecular weight excluding hydrogens is 190 g/mol. The van der Waals surface area contributed by atoms with Crippen LogP contribution in [0, 0.1) is 5.92 Å². The zero-order valence-corrected chi connectivity index (χ0v) is 10.5. The highest BCUT2D eigenvalue weighted by atomic mass is 32.2. The van der Waals surface area contributed by atoms with Gasteiger partial charge in [-0.15, -0.1) is 0 Å². The molecule has 14 heavy (non-hydrogen) atoms. The van der Waals surface area contributed by atoms with Crippen LogP contribution >= 0.6 is 11.8 Å². The van der Waals surface area contributed by atoms with Gasteiger partial charge < -0.3 is 5.32 Å². The summed E-state index contributed by atoms with van der Waals surface area (Å²) < 4.78 is 0. The van der Waals surface area contributed by atoms with Crippen molar-refractivity contribution in [2.24, 2.45) is 5.92 Å². The van der Waals surface area contributed by atoms with Gasteiger partial charge in [0.05, 0.1) is 0 Å². The lowest BCUT2D eigenvalue weighted by Crippen LogP contribution is -2.26. The summed E-state index contributed by atoms with van der Waals surface area (Å²) in [5.41, 5.74) is 0. The standard InChI is InChI=1S/C12H25NS/c1-13-12-8-4-3-6-11(10-12)7-5-9-14-2/h11-13H,3-10H2,1-2H3. The molecule has 1 rings (SSSR count). The normalized spacial score (nSPS) is 28.7. The van der Waals surface area contributed by atoms with Gasteiger partial charge in [-0.3, -0.25) is 0 Å². The fraction of sp³-hybridized carbons (Fsp3) is 1.00. The molecule has 0 aromatic rings. The van der Waals surface area contributed by atoms with E-state index < -0.39 is 0 Å². The van der Waals surface area contributed by atoms with Gasteiger partial charge in [0.15, 0.2) is 0 Å². The van der Waals surface area contributed by atoms with Gasteiger partial charge in [-0.2, -0.15) is 11.8 Å². The molecule has 0 aromatic carbocycles. The predicted molar refractivity (Wildman–Crippen MR) is 67.0 cm³/mol. The third kappa shape index (κ3) is 4.70. The first-order valence-corrected chi connectivity index (χ1v) is 7.42. The second-order valence-electron chi connectivity index (χ2n) is 4.51. The molecule has 0 radical (unpaired) electrons.